The van der Waals surface area contributed by atoms with Gasteiger partial charge in [-0.05, 0) is 54.1 Å². The Hall–Kier alpha value is -3.83. The van der Waals surface area contributed by atoms with Crippen LogP contribution in [0.2, 0.25) is 0 Å². The second kappa shape index (κ2) is 10.4. The number of para-hydroxylation sites is 2. The lowest BCUT2D eigenvalue weighted by Crippen LogP contribution is -2.19. The molecule has 0 unspecified atom stereocenters. The van der Waals surface area contributed by atoms with Crippen LogP contribution in [-0.2, 0) is 14.9 Å². The molecule has 0 bridgehead atoms. The maximum absolute atomic E-state index is 12.5. The predicted molar refractivity (Wildman–Crippen MR) is 128 cm³/mol. The average Bonchev–Trinajstić information content (AvgIpc) is 3.26. The molecule has 0 spiro atoms. The summed E-state index contributed by atoms with van der Waals surface area (Å²) in [5.41, 5.74) is 4.32. The first-order chi connectivity index (χ1) is 16.4. The predicted octanol–water partition coefficient (Wildman–Crippen LogP) is 3.85. The van der Waals surface area contributed by atoms with Crippen LogP contribution >= 0.6 is 11.8 Å². The van der Waals surface area contributed by atoms with Crippen molar-refractivity contribution in [1.29, 1.82) is 0 Å². The maximum atomic E-state index is 12.5. The zero-order chi connectivity index (χ0) is 24.0. The van der Waals surface area contributed by atoms with Gasteiger partial charge in [-0.3, -0.25) is 4.79 Å². The van der Waals surface area contributed by atoms with E-state index in [9.17, 15) is 13.2 Å². The molecule has 0 radical (unpaired) electrons. The molecule has 0 fully saturated rings. The number of thioether (sulfide) groups is 1. The summed E-state index contributed by atoms with van der Waals surface area (Å²) in [5.74, 6) is 0.356. The van der Waals surface area contributed by atoms with Crippen LogP contribution in [0.3, 0.4) is 0 Å². The fraction of sp³-hybridized carbons (Fsp3) is 0.0870. The number of methoxy groups -OCH3 is 1. The van der Waals surface area contributed by atoms with Gasteiger partial charge in [0, 0.05) is 0 Å². The van der Waals surface area contributed by atoms with Gasteiger partial charge in [-0.1, -0.05) is 36.0 Å². The Morgan fingerprint density at radius 1 is 1.09 bits per heavy atom. The number of nitrogens with zero attached hydrogens (tertiary/aromatic N) is 2. The van der Waals surface area contributed by atoms with Crippen LogP contribution < -0.4 is 14.3 Å². The number of benzene rings is 3. The first-order valence-electron chi connectivity index (χ1n) is 9.92. The van der Waals surface area contributed by atoms with E-state index in [0.717, 1.165) is 17.3 Å². The number of fused-ring (bicyclic) bond motifs is 1. The number of rotatable bonds is 9. The summed E-state index contributed by atoms with van der Waals surface area (Å²) in [6, 6.07) is 19.5. The molecule has 9 nitrogen and oxygen atoms in total. The highest BCUT2D eigenvalue weighted by molar-refractivity contribution is 7.99. The highest BCUT2D eigenvalue weighted by Gasteiger charge is 2.17. The summed E-state index contributed by atoms with van der Waals surface area (Å²) in [7, 11) is -2.53. The van der Waals surface area contributed by atoms with E-state index in [1.54, 1.807) is 18.2 Å². The van der Waals surface area contributed by atoms with Gasteiger partial charge in [0.2, 0.25) is 0 Å². The molecule has 0 saturated heterocycles. The molecule has 0 saturated carbocycles. The van der Waals surface area contributed by atoms with Gasteiger partial charge in [-0.15, -0.1) is 0 Å². The van der Waals surface area contributed by atoms with E-state index in [2.05, 4.69) is 15.5 Å². The number of oxazole rings is 1. The lowest BCUT2D eigenvalue weighted by molar-refractivity contribution is -0.118. The smallest absolute Gasteiger partial charge is 0.339 e. The van der Waals surface area contributed by atoms with Crippen molar-refractivity contribution in [2.75, 3.05) is 12.9 Å². The van der Waals surface area contributed by atoms with Gasteiger partial charge >= 0.3 is 10.1 Å². The van der Waals surface area contributed by atoms with Gasteiger partial charge < -0.3 is 13.3 Å². The van der Waals surface area contributed by atoms with Crippen LogP contribution in [0, 0.1) is 0 Å². The number of hydrogen-bond acceptors (Lipinski definition) is 9. The summed E-state index contributed by atoms with van der Waals surface area (Å²) >= 11 is 1.15. The fourth-order valence-corrected chi connectivity index (χ4v) is 4.37. The minimum atomic E-state index is -4.02. The monoisotopic (exact) mass is 497 g/mol. The molecule has 1 amide bonds. The topological polar surface area (TPSA) is 120 Å². The number of carbonyl (C=O) groups excluding carboxylic acids is 1. The van der Waals surface area contributed by atoms with E-state index in [-0.39, 0.29) is 22.3 Å². The zero-order valence-corrected chi connectivity index (χ0v) is 19.5. The third-order valence-electron chi connectivity index (χ3n) is 4.42. The van der Waals surface area contributed by atoms with E-state index in [1.165, 1.54) is 49.7 Å². The molecule has 1 heterocycles. The molecule has 11 heteroatoms. The van der Waals surface area contributed by atoms with Crippen LogP contribution in [0.5, 0.6) is 11.5 Å². The van der Waals surface area contributed by atoms with Crippen molar-refractivity contribution in [3.8, 4) is 11.5 Å². The zero-order valence-electron chi connectivity index (χ0n) is 17.9. The van der Waals surface area contributed by atoms with Crippen LogP contribution in [0.1, 0.15) is 5.56 Å². The highest BCUT2D eigenvalue weighted by atomic mass is 32.2. The minimum Gasteiger partial charge on any atom is -0.497 e. The molecule has 0 aliphatic heterocycles. The lowest BCUT2D eigenvalue weighted by Gasteiger charge is -2.08. The van der Waals surface area contributed by atoms with Crippen LogP contribution in [-0.4, -0.2) is 38.4 Å². The normalized spacial score (nSPS) is 11.6. The average molecular weight is 498 g/mol. The summed E-state index contributed by atoms with van der Waals surface area (Å²) in [6.07, 6.45) is 1.38. The van der Waals surface area contributed by atoms with Crippen LogP contribution in [0.4, 0.5) is 0 Å². The lowest BCUT2D eigenvalue weighted by atomic mass is 10.2. The van der Waals surface area contributed by atoms with E-state index in [1.807, 2.05) is 18.2 Å². The molecule has 1 aromatic heterocycles. The van der Waals surface area contributed by atoms with Crippen molar-refractivity contribution in [2.24, 2.45) is 5.10 Å². The number of hydrogen-bond donors (Lipinski definition) is 1. The van der Waals surface area contributed by atoms with Crippen LogP contribution in [0.15, 0.2) is 92.4 Å². The van der Waals surface area contributed by atoms with Crippen molar-refractivity contribution in [1.82, 2.24) is 10.4 Å². The first kappa shape index (κ1) is 23.3. The third kappa shape index (κ3) is 5.94. The quantitative estimate of drug-likeness (QED) is 0.160. The van der Waals surface area contributed by atoms with Gasteiger partial charge in [-0.25, -0.2) is 10.4 Å². The number of hydrazone groups is 1. The largest absolute Gasteiger partial charge is 0.497 e. The van der Waals surface area contributed by atoms with Gasteiger partial charge in [-0.2, -0.15) is 13.5 Å². The van der Waals surface area contributed by atoms with Crippen molar-refractivity contribution in [2.45, 2.75) is 10.1 Å². The van der Waals surface area contributed by atoms with Crippen molar-refractivity contribution in [3.05, 3.63) is 78.4 Å². The van der Waals surface area contributed by atoms with Crippen molar-refractivity contribution in [3.63, 3.8) is 0 Å². The summed E-state index contributed by atoms with van der Waals surface area (Å²) < 4.78 is 40.8. The first-order valence-corrected chi connectivity index (χ1v) is 12.3. The maximum Gasteiger partial charge on any atom is 0.339 e. The Bertz CT molecular complexity index is 1400. The number of ether oxygens (including phenoxy) is 1. The van der Waals surface area contributed by atoms with E-state index in [0.29, 0.717) is 22.1 Å². The Labute approximate surface area is 199 Å². The Kier molecular flexibility index (Phi) is 7.14. The summed E-state index contributed by atoms with van der Waals surface area (Å²) in [5, 5.41) is 4.30. The molecular formula is C23H19N3O6S2. The Morgan fingerprint density at radius 3 is 2.65 bits per heavy atom. The second-order valence-corrected chi connectivity index (χ2v) is 9.29. The minimum absolute atomic E-state index is 0.00363. The van der Waals surface area contributed by atoms with Crippen molar-refractivity contribution < 1.29 is 26.5 Å². The summed E-state index contributed by atoms with van der Waals surface area (Å²) in [4.78, 5) is 16.3. The molecule has 0 aliphatic carbocycles. The molecule has 34 heavy (non-hydrogen) atoms. The van der Waals surface area contributed by atoms with Gasteiger partial charge in [0.25, 0.3) is 11.1 Å². The SMILES string of the molecule is COc1ccc(S(=O)(=O)Oc2cccc(/C=N\NC(=O)CSc3nc4ccccc4o3)c2)cc1. The summed E-state index contributed by atoms with van der Waals surface area (Å²) in [6.45, 7) is 0. The van der Waals surface area contributed by atoms with Gasteiger partial charge in [0.15, 0.2) is 5.58 Å². The highest BCUT2D eigenvalue weighted by Crippen LogP contribution is 2.23. The van der Waals surface area contributed by atoms with Gasteiger partial charge in [0.05, 0.1) is 19.1 Å². The molecule has 174 valence electrons. The molecule has 4 rings (SSSR count). The van der Waals surface area contributed by atoms with Crippen LogP contribution in [0.25, 0.3) is 11.1 Å². The Balaban J connectivity index is 1.32. The fourth-order valence-electron chi connectivity index (χ4n) is 2.82. The molecule has 0 atom stereocenters. The number of nitrogens with one attached hydrogen (secondary N) is 1. The molecular weight excluding hydrogens is 478 g/mol. The number of aromatic nitrogens is 1. The standard InChI is InChI=1S/C23H19N3O6S2/c1-30-17-9-11-19(12-10-17)34(28,29)32-18-6-4-5-16(13-18)14-24-26-22(27)15-33-23-25-20-7-2-3-8-21(20)31-23/h2-14H,15H2,1H3,(H,26,27)/b24-14-. The second-order valence-electron chi connectivity index (χ2n) is 6.81. The van der Waals surface area contributed by atoms with Crippen molar-refractivity contribution >= 4 is 45.1 Å². The van der Waals surface area contributed by atoms with E-state index in [4.69, 9.17) is 13.3 Å². The van der Waals surface area contributed by atoms with E-state index < -0.39 is 10.1 Å². The Morgan fingerprint density at radius 2 is 1.88 bits per heavy atom. The van der Waals surface area contributed by atoms with E-state index >= 15 is 0 Å². The molecule has 4 aromatic rings. The molecule has 0 aliphatic rings. The molecule has 1 N–H and O–H groups in total. The number of carbonyl (C=O) groups is 1. The molecule has 3 aromatic carbocycles. The third-order valence-corrected chi connectivity index (χ3v) is 6.51. The van der Waals surface area contributed by atoms with Gasteiger partial charge in [0.1, 0.15) is 21.9 Å². The number of amides is 1.